The van der Waals surface area contributed by atoms with Crippen LogP contribution in [0.15, 0.2) is 24.3 Å². The lowest BCUT2D eigenvalue weighted by atomic mass is 10.0. The molecule has 0 radical (unpaired) electrons. The molecular formula is C20H28N6O9. The van der Waals surface area contributed by atoms with Gasteiger partial charge in [0.25, 0.3) is 0 Å². The first kappa shape index (κ1) is 28.8. The topological polar surface area (TPSA) is 277 Å². The number of aromatic hydroxyl groups is 1. The normalized spacial score (nSPS) is 14.0. The molecular weight excluding hydrogens is 468 g/mol. The number of nitrogens with two attached hydrogens (primary N) is 3. The van der Waals surface area contributed by atoms with E-state index in [9.17, 15) is 39.0 Å². The molecule has 0 bridgehead atoms. The van der Waals surface area contributed by atoms with Gasteiger partial charge in [-0.2, -0.15) is 0 Å². The molecule has 1 rings (SSSR count). The second kappa shape index (κ2) is 13.5. The Labute approximate surface area is 199 Å². The average molecular weight is 496 g/mol. The highest BCUT2D eigenvalue weighted by atomic mass is 16.4. The van der Waals surface area contributed by atoms with Crippen molar-refractivity contribution in [3.63, 3.8) is 0 Å². The Kier molecular flexibility index (Phi) is 11.1. The number of phenols is 1. The average Bonchev–Trinajstić information content (AvgIpc) is 2.77. The van der Waals surface area contributed by atoms with Crippen LogP contribution in [-0.4, -0.2) is 81.6 Å². The molecule has 15 nitrogen and oxygen atoms in total. The molecule has 0 saturated heterocycles. The highest BCUT2D eigenvalue weighted by Crippen LogP contribution is 2.12. The van der Waals surface area contributed by atoms with Crippen molar-refractivity contribution < 1.29 is 44.1 Å². The van der Waals surface area contributed by atoms with Gasteiger partial charge in [0.05, 0.1) is 19.4 Å². The van der Waals surface area contributed by atoms with Crippen LogP contribution in [0.3, 0.4) is 0 Å². The smallest absolute Gasteiger partial charge is 0.326 e. The number of aliphatic carboxylic acids is 1. The molecule has 0 fully saturated rings. The molecule has 0 aliphatic heterocycles. The van der Waals surface area contributed by atoms with E-state index in [-0.39, 0.29) is 12.2 Å². The third kappa shape index (κ3) is 10.1. The quantitative estimate of drug-likeness (QED) is 0.119. The summed E-state index contributed by atoms with van der Waals surface area (Å²) in [6.45, 7) is -0.763. The van der Waals surface area contributed by atoms with Gasteiger partial charge in [-0.25, -0.2) is 4.79 Å². The monoisotopic (exact) mass is 496 g/mol. The number of hydrogen-bond acceptors (Lipinski definition) is 9. The van der Waals surface area contributed by atoms with Gasteiger partial charge >= 0.3 is 5.97 Å². The van der Waals surface area contributed by atoms with E-state index in [0.717, 1.165) is 0 Å². The van der Waals surface area contributed by atoms with Gasteiger partial charge in [-0.05, 0) is 17.7 Å². The lowest BCUT2D eigenvalue weighted by Gasteiger charge is -2.24. The third-order valence-corrected chi connectivity index (χ3v) is 4.60. The number of carboxylic acids is 1. The van der Waals surface area contributed by atoms with Gasteiger partial charge in [-0.3, -0.25) is 24.0 Å². The minimum absolute atomic E-state index is 0.0496. The molecule has 0 spiro atoms. The Hall–Kier alpha value is -4.24. The number of nitrogens with one attached hydrogen (secondary N) is 3. The minimum atomic E-state index is -1.67. The summed E-state index contributed by atoms with van der Waals surface area (Å²) in [5, 5.41) is 34.2. The lowest BCUT2D eigenvalue weighted by Crippen LogP contribution is -2.58. The maximum absolute atomic E-state index is 12.7. The van der Waals surface area contributed by atoms with Crippen molar-refractivity contribution in [3.8, 4) is 5.75 Å². The van der Waals surface area contributed by atoms with Crippen LogP contribution in [0.25, 0.3) is 0 Å². The maximum Gasteiger partial charge on any atom is 0.326 e. The van der Waals surface area contributed by atoms with E-state index in [4.69, 9.17) is 22.3 Å². The fourth-order valence-electron chi connectivity index (χ4n) is 2.80. The van der Waals surface area contributed by atoms with Crippen molar-refractivity contribution in [2.45, 2.75) is 43.4 Å². The summed E-state index contributed by atoms with van der Waals surface area (Å²) in [4.78, 5) is 71.7. The highest BCUT2D eigenvalue weighted by molar-refractivity contribution is 5.97. The van der Waals surface area contributed by atoms with E-state index in [1.807, 2.05) is 0 Å². The number of carbonyl (C=O) groups is 6. The zero-order chi connectivity index (χ0) is 26.7. The number of phenolic OH excluding ortho intramolecular Hbond substituents is 1. The first-order valence-electron chi connectivity index (χ1n) is 10.2. The first-order valence-corrected chi connectivity index (χ1v) is 10.2. The Morgan fingerprint density at radius 2 is 1.20 bits per heavy atom. The molecule has 0 aromatic heterocycles. The van der Waals surface area contributed by atoms with Gasteiger partial charge in [0, 0.05) is 6.42 Å². The van der Waals surface area contributed by atoms with Crippen molar-refractivity contribution in [2.24, 2.45) is 17.2 Å². The third-order valence-electron chi connectivity index (χ3n) is 4.60. The van der Waals surface area contributed by atoms with Crippen LogP contribution in [0.1, 0.15) is 18.4 Å². The maximum atomic E-state index is 12.7. The zero-order valence-electron chi connectivity index (χ0n) is 18.5. The van der Waals surface area contributed by atoms with Crippen LogP contribution in [0, 0.1) is 0 Å². The number of carbonyl (C=O) groups excluding carboxylic acids is 5. The largest absolute Gasteiger partial charge is 0.508 e. The second-order valence-corrected chi connectivity index (χ2v) is 7.52. The first-order chi connectivity index (χ1) is 16.3. The minimum Gasteiger partial charge on any atom is -0.508 e. The highest BCUT2D eigenvalue weighted by Gasteiger charge is 2.32. The Morgan fingerprint density at radius 1 is 0.771 bits per heavy atom. The number of primary amides is 2. The number of rotatable bonds is 14. The Morgan fingerprint density at radius 3 is 1.60 bits per heavy atom. The number of hydrogen-bond donors (Lipinski definition) is 9. The van der Waals surface area contributed by atoms with Gasteiger partial charge in [-0.15, -0.1) is 0 Å². The summed E-state index contributed by atoms with van der Waals surface area (Å²) in [5.74, 6) is -6.69. The van der Waals surface area contributed by atoms with Crippen molar-refractivity contribution in [3.05, 3.63) is 29.8 Å². The van der Waals surface area contributed by atoms with Crippen LogP contribution < -0.4 is 33.2 Å². The van der Waals surface area contributed by atoms with Crippen LogP contribution in [0.4, 0.5) is 0 Å². The molecule has 5 amide bonds. The summed E-state index contributed by atoms with van der Waals surface area (Å²) in [5.41, 5.74) is 16.0. The van der Waals surface area contributed by atoms with Gasteiger partial charge in [-0.1, -0.05) is 12.1 Å². The molecule has 35 heavy (non-hydrogen) atoms. The Balaban J connectivity index is 3.03. The molecule has 0 heterocycles. The van der Waals surface area contributed by atoms with Crippen LogP contribution in [0.5, 0.6) is 5.75 Å². The molecule has 0 aliphatic rings. The molecule has 1 aromatic carbocycles. The molecule has 192 valence electrons. The summed E-state index contributed by atoms with van der Waals surface area (Å²) >= 11 is 0. The summed E-state index contributed by atoms with van der Waals surface area (Å²) in [7, 11) is 0. The SMILES string of the molecule is NC(=O)CC(NC(=O)C(N)CO)C(=O)NC(CC(N)=O)C(=O)NC(Cc1ccc(O)cc1)C(=O)O. The van der Waals surface area contributed by atoms with Crippen molar-refractivity contribution in [1.82, 2.24) is 16.0 Å². The van der Waals surface area contributed by atoms with E-state index in [1.165, 1.54) is 24.3 Å². The second-order valence-electron chi connectivity index (χ2n) is 7.52. The number of amides is 5. The molecule has 0 aliphatic carbocycles. The fraction of sp³-hybridized carbons (Fsp3) is 0.400. The van der Waals surface area contributed by atoms with Gasteiger partial charge < -0.3 is 48.5 Å². The molecule has 0 saturated carbocycles. The number of benzene rings is 1. The number of aliphatic hydroxyl groups is 1. The van der Waals surface area contributed by atoms with Crippen molar-refractivity contribution in [1.29, 1.82) is 0 Å². The lowest BCUT2D eigenvalue weighted by molar-refractivity contribution is -0.142. The van der Waals surface area contributed by atoms with Crippen LogP contribution in [0.2, 0.25) is 0 Å². The van der Waals surface area contributed by atoms with Crippen LogP contribution >= 0.6 is 0 Å². The van der Waals surface area contributed by atoms with Crippen molar-refractivity contribution >= 4 is 35.5 Å². The fourth-order valence-corrected chi connectivity index (χ4v) is 2.80. The van der Waals surface area contributed by atoms with Crippen molar-refractivity contribution in [2.75, 3.05) is 6.61 Å². The van der Waals surface area contributed by atoms with Gasteiger partial charge in [0.15, 0.2) is 0 Å². The molecule has 12 N–H and O–H groups in total. The predicted molar refractivity (Wildman–Crippen MR) is 118 cm³/mol. The number of carboxylic acid groups (broad SMARTS) is 1. The summed E-state index contributed by atoms with van der Waals surface area (Å²) in [6.07, 6.45) is -1.65. The molecule has 4 unspecified atom stereocenters. The molecule has 4 atom stereocenters. The summed E-state index contributed by atoms with van der Waals surface area (Å²) in [6, 6.07) is -0.664. The van der Waals surface area contributed by atoms with Crippen LogP contribution in [-0.2, 0) is 35.2 Å². The van der Waals surface area contributed by atoms with E-state index in [0.29, 0.717) is 5.56 Å². The number of aliphatic hydroxyl groups excluding tert-OH is 1. The van der Waals surface area contributed by atoms with E-state index >= 15 is 0 Å². The summed E-state index contributed by atoms with van der Waals surface area (Å²) < 4.78 is 0. The van der Waals surface area contributed by atoms with E-state index in [1.54, 1.807) is 0 Å². The zero-order valence-corrected chi connectivity index (χ0v) is 18.5. The van der Waals surface area contributed by atoms with Gasteiger partial charge in [0.1, 0.15) is 29.9 Å². The van der Waals surface area contributed by atoms with E-state index < -0.39 is 79.1 Å². The Bertz CT molecular complexity index is 953. The predicted octanol–water partition coefficient (Wildman–Crippen LogP) is -4.46. The van der Waals surface area contributed by atoms with E-state index in [2.05, 4.69) is 16.0 Å². The molecule has 15 heteroatoms. The van der Waals surface area contributed by atoms with Gasteiger partial charge in [0.2, 0.25) is 29.5 Å². The molecule has 1 aromatic rings. The standard InChI is InChI=1S/C20H28N6O9/c21-11(8-27)17(31)24-12(6-15(22)29)18(32)25-13(7-16(23)30)19(33)26-14(20(34)35)5-9-1-3-10(28)4-2-9/h1-4,11-14,27-28H,5-8,21H2,(H2,22,29)(H2,23,30)(H,24,31)(H,25,32)(H,26,33)(H,34,35).